The lowest BCUT2D eigenvalue weighted by atomic mass is 9.99. The maximum Gasteiger partial charge on any atom is 0.248 e. The Bertz CT molecular complexity index is 847. The maximum atomic E-state index is 14.3. The summed E-state index contributed by atoms with van der Waals surface area (Å²) in [6, 6.07) is 11.7. The van der Waals surface area contributed by atoms with E-state index < -0.39 is 18.5 Å². The fraction of sp³-hybridized carbons (Fsp3) is 0.222. The SMILES string of the molecule is Cl.O=C1CN=C(c2ccccc2F)c2cc(I)ccc2N1CC(O)CO. The number of hydrogen-bond donors (Lipinski definition) is 2. The van der Waals surface area contributed by atoms with Crippen molar-refractivity contribution in [1.29, 1.82) is 0 Å². The highest BCUT2D eigenvalue weighted by Crippen LogP contribution is 2.29. The van der Waals surface area contributed by atoms with E-state index in [0.717, 1.165) is 3.57 Å². The van der Waals surface area contributed by atoms with Gasteiger partial charge < -0.3 is 15.1 Å². The number of fused-ring (bicyclic) bond motifs is 1. The number of β-amino-alcohol motifs (C(OH)–C–C–N with tert-alkyl or cyclic N) is 1. The Morgan fingerprint density at radius 2 is 1.96 bits per heavy atom. The normalized spacial score (nSPS) is 14.8. The van der Waals surface area contributed by atoms with Gasteiger partial charge in [0, 0.05) is 14.7 Å². The van der Waals surface area contributed by atoms with Crippen LogP contribution in [0.3, 0.4) is 0 Å². The minimum absolute atomic E-state index is 0. The molecule has 8 heteroatoms. The number of carbonyl (C=O) groups is 1. The predicted octanol–water partition coefficient (Wildman–Crippen LogP) is 2.39. The quantitative estimate of drug-likeness (QED) is 0.647. The van der Waals surface area contributed by atoms with Crippen molar-refractivity contribution in [2.45, 2.75) is 6.10 Å². The lowest BCUT2D eigenvalue weighted by molar-refractivity contribution is -0.117. The fourth-order valence-corrected chi connectivity index (χ4v) is 3.23. The summed E-state index contributed by atoms with van der Waals surface area (Å²) in [6.07, 6.45) is -1.06. The topological polar surface area (TPSA) is 73.1 Å². The molecule has 0 aromatic heterocycles. The van der Waals surface area contributed by atoms with Gasteiger partial charge in [0.15, 0.2) is 0 Å². The van der Waals surface area contributed by atoms with Crippen LogP contribution in [0.4, 0.5) is 10.1 Å². The molecule has 0 spiro atoms. The van der Waals surface area contributed by atoms with Crippen molar-refractivity contribution in [1.82, 2.24) is 0 Å². The van der Waals surface area contributed by atoms with Crippen LogP contribution < -0.4 is 4.90 Å². The van der Waals surface area contributed by atoms with Gasteiger partial charge in [-0.05, 0) is 52.9 Å². The van der Waals surface area contributed by atoms with Crippen LogP contribution >= 0.6 is 35.0 Å². The number of rotatable bonds is 4. The van der Waals surface area contributed by atoms with Crippen molar-refractivity contribution < 1.29 is 19.4 Å². The molecule has 1 atom stereocenters. The lowest BCUT2D eigenvalue weighted by Crippen LogP contribution is -2.40. The molecule has 1 unspecified atom stereocenters. The zero-order chi connectivity index (χ0) is 18.0. The molecule has 0 radical (unpaired) electrons. The molecule has 3 rings (SSSR count). The standard InChI is InChI=1S/C18H16FIN2O3.ClH/c19-15-4-2-1-3-13(15)18-14-7-11(20)5-6-16(14)22(9-12(24)10-23)17(25)8-21-18;/h1-7,12,23-24H,8-10H2;1H. The molecule has 5 nitrogen and oxygen atoms in total. The first kappa shape index (κ1) is 20.8. The third kappa shape index (κ3) is 4.22. The Hall–Kier alpha value is -1.55. The van der Waals surface area contributed by atoms with Crippen LogP contribution in [-0.4, -0.2) is 47.6 Å². The van der Waals surface area contributed by atoms with Gasteiger partial charge in [-0.2, -0.15) is 0 Å². The van der Waals surface area contributed by atoms with Gasteiger partial charge in [-0.25, -0.2) is 4.39 Å². The minimum Gasteiger partial charge on any atom is -0.394 e. The molecule has 0 bridgehead atoms. The average molecular weight is 491 g/mol. The van der Waals surface area contributed by atoms with Crippen LogP contribution in [0.25, 0.3) is 0 Å². The summed E-state index contributed by atoms with van der Waals surface area (Å²) in [5.74, 6) is -0.733. The van der Waals surface area contributed by atoms with Gasteiger partial charge in [-0.1, -0.05) is 12.1 Å². The third-order valence-electron chi connectivity index (χ3n) is 3.91. The summed E-state index contributed by atoms with van der Waals surface area (Å²) < 4.78 is 15.2. The lowest BCUT2D eigenvalue weighted by Gasteiger charge is -2.25. The average Bonchev–Trinajstić information content (AvgIpc) is 2.73. The molecule has 1 aliphatic rings. The van der Waals surface area contributed by atoms with Crippen LogP contribution in [0.15, 0.2) is 47.5 Å². The monoisotopic (exact) mass is 490 g/mol. The van der Waals surface area contributed by atoms with Crippen molar-refractivity contribution in [3.8, 4) is 0 Å². The van der Waals surface area contributed by atoms with Gasteiger partial charge in [0.2, 0.25) is 5.91 Å². The second kappa shape index (κ2) is 8.90. The minimum atomic E-state index is -1.06. The largest absolute Gasteiger partial charge is 0.394 e. The molecule has 0 fully saturated rings. The van der Waals surface area contributed by atoms with Gasteiger partial charge in [0.05, 0.1) is 30.7 Å². The molecule has 1 amide bonds. The Labute approximate surface area is 170 Å². The van der Waals surface area contributed by atoms with E-state index in [4.69, 9.17) is 5.11 Å². The molecule has 0 saturated heterocycles. The molecule has 2 aromatic rings. The first-order valence-corrected chi connectivity index (χ1v) is 8.77. The number of anilines is 1. The van der Waals surface area contributed by atoms with Crippen molar-refractivity contribution in [3.05, 3.63) is 63.0 Å². The number of hydrogen-bond acceptors (Lipinski definition) is 4. The number of amides is 1. The molecule has 2 aromatic carbocycles. The van der Waals surface area contributed by atoms with Crippen LogP contribution in [0.5, 0.6) is 0 Å². The Morgan fingerprint density at radius 1 is 1.23 bits per heavy atom. The number of benzodiazepines with no additional fused rings is 1. The van der Waals surface area contributed by atoms with Crippen LogP contribution in [0.1, 0.15) is 11.1 Å². The van der Waals surface area contributed by atoms with E-state index in [9.17, 15) is 14.3 Å². The number of aliphatic hydroxyl groups is 2. The Balaban J connectivity index is 0.00000243. The van der Waals surface area contributed by atoms with Crippen LogP contribution in [-0.2, 0) is 4.79 Å². The highest BCUT2D eigenvalue weighted by molar-refractivity contribution is 14.1. The number of benzene rings is 2. The zero-order valence-corrected chi connectivity index (χ0v) is 16.6. The van der Waals surface area contributed by atoms with Gasteiger partial charge in [0.1, 0.15) is 12.4 Å². The van der Waals surface area contributed by atoms with Gasteiger partial charge >= 0.3 is 0 Å². The maximum absolute atomic E-state index is 14.3. The van der Waals surface area contributed by atoms with E-state index >= 15 is 0 Å². The molecule has 0 saturated carbocycles. The molecule has 1 heterocycles. The summed E-state index contributed by atoms with van der Waals surface area (Å²) in [4.78, 5) is 18.2. The number of carbonyl (C=O) groups excluding carboxylic acids is 1. The molecular weight excluding hydrogens is 474 g/mol. The van der Waals surface area contributed by atoms with E-state index in [1.54, 1.807) is 24.3 Å². The van der Waals surface area contributed by atoms with Crippen molar-refractivity contribution in [2.75, 3.05) is 24.6 Å². The second-order valence-corrected chi connectivity index (χ2v) is 6.89. The number of halogens is 3. The third-order valence-corrected chi connectivity index (χ3v) is 4.58. The predicted molar refractivity (Wildman–Crippen MR) is 109 cm³/mol. The first-order chi connectivity index (χ1) is 12.0. The molecule has 138 valence electrons. The van der Waals surface area contributed by atoms with Crippen molar-refractivity contribution in [2.24, 2.45) is 4.99 Å². The van der Waals surface area contributed by atoms with E-state index in [1.807, 2.05) is 12.1 Å². The van der Waals surface area contributed by atoms with E-state index in [-0.39, 0.29) is 31.4 Å². The molecule has 0 aliphatic carbocycles. The van der Waals surface area contributed by atoms with E-state index in [2.05, 4.69) is 27.6 Å². The van der Waals surface area contributed by atoms with E-state index in [1.165, 1.54) is 11.0 Å². The highest BCUT2D eigenvalue weighted by Gasteiger charge is 2.27. The number of aliphatic hydroxyl groups excluding tert-OH is 2. The highest BCUT2D eigenvalue weighted by atomic mass is 127. The molecule has 1 aliphatic heterocycles. The molecular formula is C18H17ClFIN2O3. The summed E-state index contributed by atoms with van der Waals surface area (Å²) in [5, 5.41) is 18.9. The summed E-state index contributed by atoms with van der Waals surface area (Å²) >= 11 is 2.14. The summed E-state index contributed by atoms with van der Waals surface area (Å²) in [7, 11) is 0. The summed E-state index contributed by atoms with van der Waals surface area (Å²) in [6.45, 7) is -0.666. The number of aliphatic imine (C=N–C) groups is 1. The smallest absolute Gasteiger partial charge is 0.248 e. The van der Waals surface area contributed by atoms with Crippen molar-refractivity contribution in [3.63, 3.8) is 0 Å². The Kier molecular flexibility index (Phi) is 7.10. The zero-order valence-electron chi connectivity index (χ0n) is 13.6. The Morgan fingerprint density at radius 3 is 2.65 bits per heavy atom. The fourth-order valence-electron chi connectivity index (χ4n) is 2.74. The summed E-state index contributed by atoms with van der Waals surface area (Å²) in [5.41, 5.74) is 1.88. The molecule has 26 heavy (non-hydrogen) atoms. The first-order valence-electron chi connectivity index (χ1n) is 7.70. The van der Waals surface area contributed by atoms with E-state index in [0.29, 0.717) is 22.5 Å². The van der Waals surface area contributed by atoms with Crippen LogP contribution in [0.2, 0.25) is 0 Å². The second-order valence-electron chi connectivity index (χ2n) is 5.65. The van der Waals surface area contributed by atoms with Gasteiger partial charge in [-0.3, -0.25) is 9.79 Å². The molecule has 2 N–H and O–H groups in total. The van der Waals surface area contributed by atoms with Gasteiger partial charge in [-0.15, -0.1) is 12.4 Å². The van der Waals surface area contributed by atoms with Crippen molar-refractivity contribution >= 4 is 52.3 Å². The van der Waals surface area contributed by atoms with Gasteiger partial charge in [0.25, 0.3) is 0 Å². The number of nitrogens with zero attached hydrogens (tertiary/aromatic N) is 2. The van der Waals surface area contributed by atoms with Crippen LogP contribution in [0, 0.1) is 9.39 Å².